The summed E-state index contributed by atoms with van der Waals surface area (Å²) < 4.78 is 10.0. The van der Waals surface area contributed by atoms with Gasteiger partial charge in [-0.05, 0) is 12.1 Å². The number of hydrogen-bond acceptors (Lipinski definition) is 8. The maximum absolute atomic E-state index is 12.6. The summed E-state index contributed by atoms with van der Waals surface area (Å²) in [5.74, 6) is -0.328. The Balaban J connectivity index is 1.60. The second-order valence-electron chi connectivity index (χ2n) is 5.92. The van der Waals surface area contributed by atoms with E-state index in [1.54, 1.807) is 24.4 Å². The maximum Gasteiger partial charge on any atom is 0.320 e. The maximum atomic E-state index is 12.6. The van der Waals surface area contributed by atoms with E-state index in [0.29, 0.717) is 22.5 Å². The Morgan fingerprint density at radius 1 is 1.00 bits per heavy atom. The summed E-state index contributed by atoms with van der Waals surface area (Å²) in [5.41, 5.74) is 1.28. The van der Waals surface area contributed by atoms with Gasteiger partial charge in [0.2, 0.25) is 17.8 Å². The summed E-state index contributed by atoms with van der Waals surface area (Å²) in [6.45, 7) is 0. The van der Waals surface area contributed by atoms with E-state index < -0.39 is 11.8 Å². The minimum atomic E-state index is -0.561. The summed E-state index contributed by atoms with van der Waals surface area (Å²) in [5, 5.41) is 5.24. The normalized spacial score (nSPS) is 10.6. The van der Waals surface area contributed by atoms with Crippen LogP contribution in [-0.2, 0) is 0 Å². The second kappa shape index (κ2) is 7.87. The van der Waals surface area contributed by atoms with E-state index in [9.17, 15) is 9.59 Å². The van der Waals surface area contributed by atoms with Crippen LogP contribution in [0.15, 0.2) is 36.7 Å². The fourth-order valence-corrected chi connectivity index (χ4v) is 2.67. The first-order valence-electron chi connectivity index (χ1n) is 8.65. The number of hydrogen-bond donors (Lipinski definition) is 4. The molecule has 0 bridgehead atoms. The average molecular weight is 408 g/mol. The molecule has 4 N–H and O–H groups in total. The van der Waals surface area contributed by atoms with Crippen molar-refractivity contribution in [1.82, 2.24) is 29.9 Å². The first-order valence-corrected chi connectivity index (χ1v) is 8.65. The Morgan fingerprint density at radius 2 is 1.83 bits per heavy atom. The van der Waals surface area contributed by atoms with Crippen molar-refractivity contribution in [1.29, 1.82) is 0 Å². The molecule has 12 nitrogen and oxygen atoms in total. The van der Waals surface area contributed by atoms with Crippen LogP contribution in [-0.4, -0.2) is 55.9 Å². The van der Waals surface area contributed by atoms with Gasteiger partial charge in [-0.15, -0.1) is 0 Å². The van der Waals surface area contributed by atoms with Crippen molar-refractivity contribution >= 4 is 34.7 Å². The number of nitrogens with zero attached hydrogens (tertiary/aromatic N) is 4. The molecule has 0 atom stereocenters. The molecule has 0 unspecified atom stereocenters. The number of rotatable bonds is 6. The van der Waals surface area contributed by atoms with Gasteiger partial charge in [-0.2, -0.15) is 9.97 Å². The fourth-order valence-electron chi connectivity index (χ4n) is 2.67. The van der Waals surface area contributed by atoms with Crippen molar-refractivity contribution in [3.05, 3.63) is 47.9 Å². The van der Waals surface area contributed by atoms with Gasteiger partial charge in [-0.25, -0.2) is 9.97 Å². The van der Waals surface area contributed by atoms with Crippen molar-refractivity contribution in [3.8, 4) is 11.9 Å². The predicted octanol–water partition coefficient (Wildman–Crippen LogP) is 1.60. The van der Waals surface area contributed by atoms with Crippen LogP contribution in [0.2, 0.25) is 0 Å². The number of para-hydroxylation sites is 1. The SMILES string of the molecule is COc1cc(C(=O)Nc2nc3c(C(=O)Nc4ncc[nH]4)cccc3[nH]2)nc(OC)n1. The minimum absolute atomic E-state index is 0.0130. The van der Waals surface area contributed by atoms with Crippen LogP contribution < -0.4 is 20.1 Å². The number of aromatic nitrogens is 6. The third-order valence-corrected chi connectivity index (χ3v) is 4.03. The van der Waals surface area contributed by atoms with Crippen LogP contribution >= 0.6 is 0 Å². The molecule has 0 fully saturated rings. The minimum Gasteiger partial charge on any atom is -0.481 e. The number of methoxy groups -OCH3 is 2. The summed E-state index contributed by atoms with van der Waals surface area (Å²) in [6.07, 6.45) is 3.12. The van der Waals surface area contributed by atoms with Crippen molar-refractivity contribution in [2.24, 2.45) is 0 Å². The van der Waals surface area contributed by atoms with Gasteiger partial charge >= 0.3 is 6.01 Å². The van der Waals surface area contributed by atoms with Crippen LogP contribution in [0.5, 0.6) is 11.9 Å². The molecule has 2 amide bonds. The van der Waals surface area contributed by atoms with Gasteiger partial charge in [-0.3, -0.25) is 20.2 Å². The number of benzene rings is 1. The van der Waals surface area contributed by atoms with E-state index in [0.717, 1.165) is 0 Å². The van der Waals surface area contributed by atoms with E-state index in [2.05, 4.69) is 40.5 Å². The van der Waals surface area contributed by atoms with Crippen molar-refractivity contribution < 1.29 is 19.1 Å². The van der Waals surface area contributed by atoms with Gasteiger partial charge in [0.25, 0.3) is 11.8 Å². The summed E-state index contributed by atoms with van der Waals surface area (Å²) in [4.78, 5) is 47.1. The smallest absolute Gasteiger partial charge is 0.320 e. The highest BCUT2D eigenvalue weighted by atomic mass is 16.5. The Kier molecular flexibility index (Phi) is 4.95. The third-order valence-electron chi connectivity index (χ3n) is 4.03. The number of carbonyl (C=O) groups is 2. The molecule has 3 heterocycles. The van der Waals surface area contributed by atoms with E-state index in [1.165, 1.54) is 26.5 Å². The molecule has 30 heavy (non-hydrogen) atoms. The Bertz CT molecular complexity index is 1200. The number of H-pyrrole nitrogens is 2. The number of amides is 2. The molecule has 3 aromatic heterocycles. The summed E-state index contributed by atoms with van der Waals surface area (Å²) >= 11 is 0. The van der Waals surface area contributed by atoms with Crippen LogP contribution in [0.1, 0.15) is 20.8 Å². The zero-order chi connectivity index (χ0) is 21.1. The first-order chi connectivity index (χ1) is 14.6. The Hall–Kier alpha value is -4.48. The first kappa shape index (κ1) is 18.9. The number of imidazole rings is 2. The molecule has 0 spiro atoms. The van der Waals surface area contributed by atoms with Crippen molar-refractivity contribution in [2.75, 3.05) is 24.9 Å². The van der Waals surface area contributed by atoms with Crippen LogP contribution in [0.25, 0.3) is 11.0 Å². The molecule has 0 saturated heterocycles. The molecule has 152 valence electrons. The van der Waals surface area contributed by atoms with E-state index in [4.69, 9.17) is 9.47 Å². The Labute approximate surface area is 169 Å². The van der Waals surface area contributed by atoms with Gasteiger partial charge in [-0.1, -0.05) is 6.07 Å². The summed E-state index contributed by atoms with van der Waals surface area (Å²) in [7, 11) is 2.79. The largest absolute Gasteiger partial charge is 0.481 e. The molecule has 0 aliphatic rings. The lowest BCUT2D eigenvalue weighted by molar-refractivity contribution is 0.101. The van der Waals surface area contributed by atoms with Gasteiger partial charge in [0.15, 0.2) is 0 Å². The van der Waals surface area contributed by atoms with E-state index >= 15 is 0 Å². The predicted molar refractivity (Wildman–Crippen MR) is 106 cm³/mol. The molecule has 4 rings (SSSR count). The van der Waals surface area contributed by atoms with Crippen molar-refractivity contribution in [3.63, 3.8) is 0 Å². The lowest BCUT2D eigenvalue weighted by Crippen LogP contribution is -2.16. The Morgan fingerprint density at radius 3 is 2.57 bits per heavy atom. The fraction of sp³-hybridized carbons (Fsp3) is 0.111. The molecule has 1 aromatic carbocycles. The molecule has 4 aromatic rings. The monoisotopic (exact) mass is 408 g/mol. The zero-order valence-corrected chi connectivity index (χ0v) is 15.9. The highest BCUT2D eigenvalue weighted by Crippen LogP contribution is 2.20. The highest BCUT2D eigenvalue weighted by molar-refractivity contribution is 6.11. The standard InChI is InChI=1S/C18H16N8O4/c1-29-12-8-11(22-18(23-12)30-2)15(28)26-17-21-10-5-3-4-9(13(10)24-17)14(27)25-16-19-6-7-20-16/h3-8H,1-2H3,(H2,19,20,25,27)(H2,21,24,26,28). The number of nitrogens with one attached hydrogen (secondary N) is 4. The topological polar surface area (TPSA) is 160 Å². The molecule has 0 aliphatic carbocycles. The molecular formula is C18H16N8O4. The van der Waals surface area contributed by atoms with Crippen LogP contribution in [0, 0.1) is 0 Å². The van der Waals surface area contributed by atoms with Crippen molar-refractivity contribution in [2.45, 2.75) is 0 Å². The average Bonchev–Trinajstić information content (AvgIpc) is 3.42. The van der Waals surface area contributed by atoms with Gasteiger partial charge in [0, 0.05) is 18.5 Å². The molecular weight excluding hydrogens is 392 g/mol. The van der Waals surface area contributed by atoms with Gasteiger partial charge in [0.1, 0.15) is 11.2 Å². The van der Waals surface area contributed by atoms with Gasteiger partial charge < -0.3 is 19.4 Å². The van der Waals surface area contributed by atoms with Crippen LogP contribution in [0.3, 0.4) is 0 Å². The quantitative estimate of drug-likeness (QED) is 0.374. The number of anilines is 2. The van der Waals surface area contributed by atoms with Crippen LogP contribution in [0.4, 0.5) is 11.9 Å². The highest BCUT2D eigenvalue weighted by Gasteiger charge is 2.18. The molecule has 12 heteroatoms. The van der Waals surface area contributed by atoms with E-state index in [-0.39, 0.29) is 23.5 Å². The third kappa shape index (κ3) is 3.73. The van der Waals surface area contributed by atoms with Gasteiger partial charge in [0.05, 0.1) is 25.3 Å². The second-order valence-corrected chi connectivity index (χ2v) is 5.92. The number of ether oxygens (including phenoxy) is 2. The molecule has 0 aliphatic heterocycles. The van der Waals surface area contributed by atoms with E-state index in [1.807, 2.05) is 0 Å². The number of aromatic amines is 2. The molecule has 0 radical (unpaired) electrons. The zero-order valence-electron chi connectivity index (χ0n) is 15.9. The number of fused-ring (bicyclic) bond motifs is 1. The summed E-state index contributed by atoms with van der Waals surface area (Å²) in [6, 6.07) is 6.40. The molecule has 0 saturated carbocycles. The number of carbonyl (C=O) groups excluding carboxylic acids is 2. The lowest BCUT2D eigenvalue weighted by Gasteiger charge is -2.05. The lowest BCUT2D eigenvalue weighted by atomic mass is 10.2.